The third-order valence-electron chi connectivity index (χ3n) is 4.48. The molecule has 2 aliphatic heterocycles. The normalized spacial score (nSPS) is 19.9. The highest BCUT2D eigenvalue weighted by molar-refractivity contribution is 14.1. The van der Waals surface area contributed by atoms with Crippen molar-refractivity contribution in [2.24, 2.45) is 5.92 Å². The quantitative estimate of drug-likeness (QED) is 0.331. The Kier molecular flexibility index (Phi) is 4.42. The number of amides is 1. The van der Waals surface area contributed by atoms with E-state index in [4.69, 9.17) is 5.11 Å². The zero-order valence-corrected chi connectivity index (χ0v) is 14.3. The Morgan fingerprint density at radius 2 is 1.95 bits per heavy atom. The first-order valence-electron chi connectivity index (χ1n) is 7.42. The highest BCUT2D eigenvalue weighted by Crippen LogP contribution is 2.31. The second kappa shape index (κ2) is 6.31. The van der Waals surface area contributed by atoms with E-state index in [0.29, 0.717) is 13.1 Å². The average Bonchev–Trinajstić information content (AvgIpc) is 2.66. The highest BCUT2D eigenvalue weighted by atomic mass is 127. The van der Waals surface area contributed by atoms with Crippen LogP contribution in [0.5, 0.6) is 0 Å². The maximum Gasteiger partial charge on any atom is 0.407 e. The van der Waals surface area contributed by atoms with E-state index >= 15 is 0 Å². The van der Waals surface area contributed by atoms with E-state index in [-0.39, 0.29) is 5.92 Å². The predicted molar refractivity (Wildman–Crippen MR) is 92.2 cm³/mol. The summed E-state index contributed by atoms with van der Waals surface area (Å²) < 4.78 is 1.64. The third kappa shape index (κ3) is 2.86. The number of benzene rings is 1. The van der Waals surface area contributed by atoms with Crippen molar-refractivity contribution in [3.8, 4) is 0 Å². The number of carboxylic acid groups (broad SMARTS) is 1. The molecule has 1 aromatic carbocycles. The number of aryl methyl sites for hydroxylation is 1. The van der Waals surface area contributed by atoms with E-state index in [1.165, 1.54) is 10.5 Å². The summed E-state index contributed by atoms with van der Waals surface area (Å²) in [6.07, 6.45) is 2.16. The zero-order valence-electron chi connectivity index (χ0n) is 12.1. The van der Waals surface area contributed by atoms with Gasteiger partial charge in [0, 0.05) is 25.4 Å². The van der Waals surface area contributed by atoms with Gasteiger partial charge in [-0.2, -0.15) is 0 Å². The van der Waals surface area contributed by atoms with Crippen molar-refractivity contribution in [3.63, 3.8) is 0 Å². The molecule has 0 atom stereocenters. The standard InChI is InChI=1S/C15H18IN3O3/c16-18-13-4-2-1-3-11(13)5-6-14(19(18)22)12-7-9-17(10-8-12)15(20)21/h1-4,12H,5-10H2,(H,20,21). The lowest BCUT2D eigenvalue weighted by atomic mass is 9.89. The summed E-state index contributed by atoms with van der Waals surface area (Å²) in [5, 5.41) is 21.7. The van der Waals surface area contributed by atoms with Crippen LogP contribution in [-0.4, -0.2) is 39.7 Å². The average molecular weight is 415 g/mol. The molecule has 1 amide bonds. The number of piperidine rings is 1. The zero-order chi connectivity index (χ0) is 15.7. The van der Waals surface area contributed by atoms with Crippen LogP contribution in [0.15, 0.2) is 24.3 Å². The molecule has 7 heteroatoms. The molecule has 6 nitrogen and oxygen atoms in total. The lowest BCUT2D eigenvalue weighted by Gasteiger charge is -2.30. The van der Waals surface area contributed by atoms with Gasteiger partial charge in [0.05, 0.1) is 0 Å². The minimum Gasteiger partial charge on any atom is -0.595 e. The van der Waals surface area contributed by atoms with Crippen molar-refractivity contribution in [1.29, 1.82) is 0 Å². The first-order chi connectivity index (χ1) is 10.6. The molecule has 2 heterocycles. The number of hydrazone groups is 1. The number of halogens is 1. The molecule has 1 saturated heterocycles. The number of para-hydroxylation sites is 1. The molecule has 0 radical (unpaired) electrons. The van der Waals surface area contributed by atoms with Crippen LogP contribution in [0.2, 0.25) is 0 Å². The summed E-state index contributed by atoms with van der Waals surface area (Å²) >= 11 is 2.05. The minimum atomic E-state index is -0.869. The molecule has 118 valence electrons. The van der Waals surface area contributed by atoms with Crippen molar-refractivity contribution in [2.75, 3.05) is 16.3 Å². The van der Waals surface area contributed by atoms with Crippen molar-refractivity contribution in [1.82, 2.24) is 4.90 Å². The summed E-state index contributed by atoms with van der Waals surface area (Å²) in [5.41, 5.74) is 2.99. The number of anilines is 1. The SMILES string of the molecule is O=C(O)N1CCC(C2=[N+]([O-])N(I)c3ccccc3CC2)CC1. The van der Waals surface area contributed by atoms with E-state index < -0.39 is 6.09 Å². The number of carbonyl (C=O) groups is 1. The fourth-order valence-corrected chi connectivity index (χ4v) is 3.98. The van der Waals surface area contributed by atoms with Gasteiger partial charge in [-0.25, -0.2) is 4.79 Å². The van der Waals surface area contributed by atoms with Crippen molar-refractivity contribution >= 4 is 40.4 Å². The number of hydrazine groups is 1. The molecule has 2 aliphatic rings. The highest BCUT2D eigenvalue weighted by Gasteiger charge is 2.33. The maximum absolute atomic E-state index is 12.7. The predicted octanol–water partition coefficient (Wildman–Crippen LogP) is 3.05. The number of nitrogens with zero attached hydrogens (tertiary/aromatic N) is 3. The van der Waals surface area contributed by atoms with Crippen molar-refractivity contribution in [3.05, 3.63) is 35.0 Å². The van der Waals surface area contributed by atoms with Crippen LogP contribution < -0.4 is 3.22 Å². The number of hydrogen-bond acceptors (Lipinski definition) is 3. The van der Waals surface area contributed by atoms with Crippen molar-refractivity contribution < 1.29 is 14.7 Å². The largest absolute Gasteiger partial charge is 0.595 e. The van der Waals surface area contributed by atoms with E-state index in [9.17, 15) is 10.0 Å². The second-order valence-electron chi connectivity index (χ2n) is 5.70. The molecule has 0 saturated carbocycles. The van der Waals surface area contributed by atoms with Gasteiger partial charge in [-0.1, -0.05) is 26.3 Å². The summed E-state index contributed by atoms with van der Waals surface area (Å²) in [7, 11) is 0. The number of likely N-dealkylation sites (tertiary alicyclic amines) is 1. The molecule has 1 N–H and O–H groups in total. The summed E-state index contributed by atoms with van der Waals surface area (Å²) in [4.78, 5) is 13.4. The van der Waals surface area contributed by atoms with E-state index in [0.717, 1.165) is 41.9 Å². The summed E-state index contributed by atoms with van der Waals surface area (Å²) in [6, 6.07) is 7.96. The summed E-state index contributed by atoms with van der Waals surface area (Å²) in [5.74, 6) is 0.166. The summed E-state index contributed by atoms with van der Waals surface area (Å²) in [6.45, 7) is 1.01. The van der Waals surface area contributed by atoms with E-state index in [2.05, 4.69) is 6.07 Å². The van der Waals surface area contributed by atoms with Gasteiger partial charge in [-0.15, -0.1) is 0 Å². The van der Waals surface area contributed by atoms with Crippen LogP contribution in [0.25, 0.3) is 0 Å². The smallest absolute Gasteiger partial charge is 0.407 e. The third-order valence-corrected chi connectivity index (χ3v) is 5.39. The Morgan fingerprint density at radius 3 is 2.64 bits per heavy atom. The topological polar surface area (TPSA) is 69.8 Å². The fourth-order valence-electron chi connectivity index (χ4n) is 3.24. The lowest BCUT2D eigenvalue weighted by Crippen LogP contribution is -2.41. The van der Waals surface area contributed by atoms with Gasteiger partial charge in [0.15, 0.2) is 0 Å². The Hall–Kier alpha value is -1.51. The molecule has 0 aromatic heterocycles. The Morgan fingerprint density at radius 1 is 1.27 bits per heavy atom. The Bertz CT molecular complexity index is 612. The molecular formula is C15H18IN3O3. The van der Waals surface area contributed by atoms with E-state index in [1.807, 2.05) is 41.1 Å². The van der Waals surface area contributed by atoms with Crippen LogP contribution in [0.1, 0.15) is 24.8 Å². The fraction of sp³-hybridized carbons (Fsp3) is 0.467. The Labute approximate surface area is 143 Å². The Balaban J connectivity index is 1.81. The van der Waals surface area contributed by atoms with Crippen LogP contribution in [-0.2, 0) is 6.42 Å². The number of fused-ring (bicyclic) bond motifs is 1. The van der Waals surface area contributed by atoms with Crippen LogP contribution in [0, 0.1) is 11.1 Å². The number of rotatable bonds is 1. The first-order valence-corrected chi connectivity index (χ1v) is 8.39. The van der Waals surface area contributed by atoms with Gasteiger partial charge in [-0.3, -0.25) is 0 Å². The second-order valence-corrected chi connectivity index (χ2v) is 6.61. The number of hydrogen-bond donors (Lipinski definition) is 1. The molecule has 0 aliphatic carbocycles. The monoisotopic (exact) mass is 415 g/mol. The van der Waals surface area contributed by atoms with Gasteiger partial charge >= 0.3 is 6.09 Å². The molecule has 1 aromatic rings. The lowest BCUT2D eigenvalue weighted by molar-refractivity contribution is -0.448. The van der Waals surface area contributed by atoms with Crippen LogP contribution in [0.3, 0.4) is 0 Å². The van der Waals surface area contributed by atoms with Crippen LogP contribution >= 0.6 is 22.9 Å². The molecule has 3 rings (SSSR count). The van der Waals surface area contributed by atoms with Crippen molar-refractivity contribution in [2.45, 2.75) is 25.7 Å². The van der Waals surface area contributed by atoms with Gasteiger partial charge in [-0.05, 0) is 30.9 Å². The molecule has 0 spiro atoms. The van der Waals surface area contributed by atoms with E-state index in [1.54, 1.807) is 3.22 Å². The van der Waals surface area contributed by atoms with Gasteiger partial charge in [0.25, 0.3) is 0 Å². The molecular weight excluding hydrogens is 397 g/mol. The molecule has 22 heavy (non-hydrogen) atoms. The van der Waals surface area contributed by atoms with Gasteiger partial charge < -0.3 is 15.2 Å². The van der Waals surface area contributed by atoms with Gasteiger partial charge in [0.1, 0.15) is 28.6 Å². The molecule has 1 fully saturated rings. The first kappa shape index (κ1) is 15.4. The molecule has 0 bridgehead atoms. The van der Waals surface area contributed by atoms with Gasteiger partial charge in [0.2, 0.25) is 5.71 Å². The maximum atomic E-state index is 12.7. The molecule has 0 unspecified atom stereocenters. The van der Waals surface area contributed by atoms with Crippen LogP contribution in [0.4, 0.5) is 10.5 Å². The minimum absolute atomic E-state index is 0.166.